The third-order valence-electron chi connectivity index (χ3n) is 10.5. The highest BCUT2D eigenvalue weighted by Gasteiger charge is 2.19. The van der Waals surface area contributed by atoms with Gasteiger partial charge in [-0.3, -0.25) is 9.59 Å². The summed E-state index contributed by atoms with van der Waals surface area (Å²) in [6.45, 7) is 15.3. The normalized spacial score (nSPS) is 12.7. The van der Waals surface area contributed by atoms with Crippen LogP contribution in [0.25, 0.3) is 0 Å². The molecule has 0 fully saturated rings. The maximum Gasteiger partial charge on any atom is 0.305 e. The van der Waals surface area contributed by atoms with Crippen LogP contribution < -0.4 is 5.32 Å². The number of carbonyl (C=O) groups excluding carboxylic acids is 2. The minimum atomic E-state index is -0.354. The molecular formula is C45H90N2O5. The Morgan fingerprint density at radius 3 is 1.40 bits per heavy atom. The fraction of sp³-hybridized carbons (Fsp3) is 0.956. The van der Waals surface area contributed by atoms with Crippen molar-refractivity contribution in [2.24, 2.45) is 5.92 Å². The number of rotatable bonds is 42. The highest BCUT2D eigenvalue weighted by atomic mass is 16.5. The largest absolute Gasteiger partial charge is 0.466 e. The van der Waals surface area contributed by atoms with E-state index in [1.165, 1.54) is 116 Å². The van der Waals surface area contributed by atoms with Crippen LogP contribution in [0.15, 0.2) is 0 Å². The number of aliphatic hydroxyl groups excluding tert-OH is 1. The first-order valence-corrected chi connectivity index (χ1v) is 22.9. The number of esters is 2. The summed E-state index contributed by atoms with van der Waals surface area (Å²) in [5, 5.41) is 14.9. The fourth-order valence-corrected chi connectivity index (χ4v) is 6.94. The van der Waals surface area contributed by atoms with Crippen molar-refractivity contribution in [1.82, 2.24) is 10.2 Å². The lowest BCUT2D eigenvalue weighted by atomic mass is 9.92. The SMILES string of the molecule is CCCCCCCCCCC(=O)OCCCCCC(O)C(CCCCOC(=O)CCCCCCCCCC)CNCCCN(CCCC)CCCC. The molecule has 2 N–H and O–H groups in total. The molecule has 0 aromatic rings. The summed E-state index contributed by atoms with van der Waals surface area (Å²) in [6.07, 6.45) is 32.8. The zero-order valence-corrected chi connectivity index (χ0v) is 35.3. The second kappa shape index (κ2) is 41.0. The molecule has 0 saturated carbocycles. The maximum absolute atomic E-state index is 12.2. The van der Waals surface area contributed by atoms with Gasteiger partial charge in [0.15, 0.2) is 0 Å². The van der Waals surface area contributed by atoms with Crippen LogP contribution in [0, 0.1) is 5.92 Å². The zero-order chi connectivity index (χ0) is 38.2. The fourth-order valence-electron chi connectivity index (χ4n) is 6.94. The Hall–Kier alpha value is -1.18. The Kier molecular flexibility index (Phi) is 40.1. The van der Waals surface area contributed by atoms with E-state index in [4.69, 9.17) is 9.47 Å². The topological polar surface area (TPSA) is 88.1 Å². The molecule has 52 heavy (non-hydrogen) atoms. The van der Waals surface area contributed by atoms with Gasteiger partial charge in [0.05, 0.1) is 19.3 Å². The Morgan fingerprint density at radius 2 is 0.904 bits per heavy atom. The molecule has 0 aromatic carbocycles. The van der Waals surface area contributed by atoms with Crippen LogP contribution in [0.1, 0.15) is 220 Å². The molecule has 310 valence electrons. The third kappa shape index (κ3) is 35.8. The van der Waals surface area contributed by atoms with E-state index in [1.54, 1.807) is 0 Å². The van der Waals surface area contributed by atoms with Gasteiger partial charge in [-0.05, 0) is 103 Å². The van der Waals surface area contributed by atoms with Crippen LogP contribution in [0.2, 0.25) is 0 Å². The number of unbranched alkanes of at least 4 members (excludes halogenated alkanes) is 19. The third-order valence-corrected chi connectivity index (χ3v) is 10.5. The molecule has 0 aliphatic heterocycles. The molecule has 0 heterocycles. The van der Waals surface area contributed by atoms with Gasteiger partial charge in [0.25, 0.3) is 0 Å². The van der Waals surface area contributed by atoms with Gasteiger partial charge in [0, 0.05) is 19.4 Å². The number of hydrogen-bond acceptors (Lipinski definition) is 7. The van der Waals surface area contributed by atoms with Gasteiger partial charge in [-0.2, -0.15) is 0 Å². The van der Waals surface area contributed by atoms with Crippen molar-refractivity contribution in [3.8, 4) is 0 Å². The minimum absolute atomic E-state index is 0.0602. The van der Waals surface area contributed by atoms with E-state index in [1.807, 2.05) is 0 Å². The second-order valence-corrected chi connectivity index (χ2v) is 15.7. The average molecular weight is 739 g/mol. The Bertz CT molecular complexity index is 743. The highest BCUT2D eigenvalue weighted by molar-refractivity contribution is 5.69. The van der Waals surface area contributed by atoms with Crippen molar-refractivity contribution in [1.29, 1.82) is 0 Å². The van der Waals surface area contributed by atoms with Crippen LogP contribution in [0.3, 0.4) is 0 Å². The molecule has 0 aromatic heterocycles. The van der Waals surface area contributed by atoms with Gasteiger partial charge in [-0.1, -0.05) is 137 Å². The standard InChI is InChI=1S/C45H90N2O5/c1-5-9-13-15-17-19-21-25-33-44(49)51-39-28-23-24-32-43(48)42(41-46-35-30-38-47(36-11-7-3)37-12-8-4)31-27-29-40-52-45(50)34-26-22-20-18-16-14-10-6-2/h42-43,46,48H,5-41H2,1-4H3. The summed E-state index contributed by atoms with van der Waals surface area (Å²) in [4.78, 5) is 27.0. The number of nitrogens with zero attached hydrogens (tertiary/aromatic N) is 1. The van der Waals surface area contributed by atoms with E-state index in [2.05, 4.69) is 37.9 Å². The smallest absolute Gasteiger partial charge is 0.305 e. The first kappa shape index (κ1) is 50.8. The summed E-state index contributed by atoms with van der Waals surface area (Å²) in [7, 11) is 0. The average Bonchev–Trinajstić information content (AvgIpc) is 3.14. The van der Waals surface area contributed by atoms with E-state index >= 15 is 0 Å². The molecular weight excluding hydrogens is 649 g/mol. The first-order valence-electron chi connectivity index (χ1n) is 22.9. The van der Waals surface area contributed by atoms with Crippen LogP contribution >= 0.6 is 0 Å². The molecule has 2 unspecified atom stereocenters. The minimum Gasteiger partial charge on any atom is -0.466 e. The quantitative estimate of drug-likeness (QED) is 0.0476. The van der Waals surface area contributed by atoms with Gasteiger partial charge in [-0.25, -0.2) is 0 Å². The van der Waals surface area contributed by atoms with E-state index in [0.717, 1.165) is 96.7 Å². The van der Waals surface area contributed by atoms with Gasteiger partial charge < -0.3 is 24.8 Å². The van der Waals surface area contributed by atoms with Crippen molar-refractivity contribution in [3.63, 3.8) is 0 Å². The molecule has 7 heteroatoms. The summed E-state index contributed by atoms with van der Waals surface area (Å²) in [6, 6.07) is 0. The molecule has 0 rings (SSSR count). The lowest BCUT2D eigenvalue weighted by molar-refractivity contribution is -0.144. The van der Waals surface area contributed by atoms with Gasteiger partial charge in [0.2, 0.25) is 0 Å². The lowest BCUT2D eigenvalue weighted by Crippen LogP contribution is -2.34. The Morgan fingerprint density at radius 1 is 0.500 bits per heavy atom. The molecule has 0 bridgehead atoms. The number of nitrogens with one attached hydrogen (secondary N) is 1. The van der Waals surface area contributed by atoms with Crippen molar-refractivity contribution >= 4 is 11.9 Å². The van der Waals surface area contributed by atoms with Crippen molar-refractivity contribution in [3.05, 3.63) is 0 Å². The van der Waals surface area contributed by atoms with Gasteiger partial charge >= 0.3 is 11.9 Å². The van der Waals surface area contributed by atoms with Crippen LogP contribution in [-0.4, -0.2) is 74.0 Å². The summed E-state index contributed by atoms with van der Waals surface area (Å²) >= 11 is 0. The monoisotopic (exact) mass is 739 g/mol. The van der Waals surface area contributed by atoms with E-state index in [9.17, 15) is 14.7 Å². The number of ether oxygens (including phenoxy) is 2. The summed E-state index contributed by atoms with van der Waals surface area (Å²) in [5.74, 6) is 0.0682. The van der Waals surface area contributed by atoms with E-state index < -0.39 is 0 Å². The van der Waals surface area contributed by atoms with Crippen molar-refractivity contribution in [2.45, 2.75) is 226 Å². The molecule has 0 aliphatic rings. The van der Waals surface area contributed by atoms with Crippen LogP contribution in [0.5, 0.6) is 0 Å². The highest BCUT2D eigenvalue weighted by Crippen LogP contribution is 2.19. The Balaban J connectivity index is 4.41. The first-order chi connectivity index (χ1) is 25.5. The zero-order valence-electron chi connectivity index (χ0n) is 35.3. The summed E-state index contributed by atoms with van der Waals surface area (Å²) < 4.78 is 11.0. The molecule has 0 radical (unpaired) electrons. The molecule has 7 nitrogen and oxygen atoms in total. The molecule has 0 saturated heterocycles. The van der Waals surface area contributed by atoms with Crippen LogP contribution in [-0.2, 0) is 19.1 Å². The maximum atomic E-state index is 12.2. The summed E-state index contributed by atoms with van der Waals surface area (Å²) in [5.41, 5.74) is 0. The van der Waals surface area contributed by atoms with E-state index in [0.29, 0.717) is 26.1 Å². The van der Waals surface area contributed by atoms with Crippen molar-refractivity contribution < 1.29 is 24.2 Å². The van der Waals surface area contributed by atoms with Crippen LogP contribution in [0.4, 0.5) is 0 Å². The predicted octanol–water partition coefficient (Wildman–Crippen LogP) is 11.7. The Labute approximate surface area is 323 Å². The van der Waals surface area contributed by atoms with Gasteiger partial charge in [-0.15, -0.1) is 0 Å². The molecule has 0 aliphatic carbocycles. The molecule has 0 spiro atoms. The van der Waals surface area contributed by atoms with Gasteiger partial charge in [0.1, 0.15) is 0 Å². The number of carbonyl (C=O) groups is 2. The van der Waals surface area contributed by atoms with E-state index in [-0.39, 0.29) is 24.0 Å². The number of hydrogen-bond donors (Lipinski definition) is 2. The lowest BCUT2D eigenvalue weighted by Gasteiger charge is -2.25. The molecule has 0 amide bonds. The molecule has 2 atom stereocenters. The second-order valence-electron chi connectivity index (χ2n) is 15.7. The van der Waals surface area contributed by atoms with Crippen molar-refractivity contribution in [2.75, 3.05) is 45.9 Å². The number of aliphatic hydroxyl groups is 1. The predicted molar refractivity (Wildman–Crippen MR) is 222 cm³/mol.